The third-order valence-corrected chi connectivity index (χ3v) is 9.30. The molecule has 2 heterocycles. The lowest BCUT2D eigenvalue weighted by molar-refractivity contribution is -0.117. The van der Waals surface area contributed by atoms with E-state index < -0.39 is 9.84 Å². The fourth-order valence-corrected chi connectivity index (χ4v) is 8.38. The Labute approximate surface area is 209 Å². The van der Waals surface area contributed by atoms with Gasteiger partial charge in [-0.2, -0.15) is 4.99 Å². The van der Waals surface area contributed by atoms with Crippen LogP contribution in [0.3, 0.4) is 0 Å². The van der Waals surface area contributed by atoms with E-state index in [2.05, 4.69) is 4.99 Å². The predicted octanol–water partition coefficient (Wildman–Crippen LogP) is 4.42. The highest BCUT2D eigenvalue weighted by Crippen LogP contribution is 2.41. The van der Waals surface area contributed by atoms with E-state index in [0.717, 1.165) is 22.4 Å². The highest BCUT2D eigenvalue weighted by molar-refractivity contribution is 8.16. The van der Waals surface area contributed by atoms with E-state index in [4.69, 9.17) is 4.74 Å². The highest BCUT2D eigenvalue weighted by atomic mass is 32.2. The van der Waals surface area contributed by atoms with Crippen molar-refractivity contribution < 1.29 is 17.9 Å². The van der Waals surface area contributed by atoms with E-state index in [0.29, 0.717) is 17.5 Å². The molecule has 6 nitrogen and oxygen atoms in total. The molecule has 5 rings (SSSR count). The number of thioether (sulfide) groups is 1. The average molecular weight is 507 g/mol. The molecular weight excluding hydrogens is 480 g/mol. The number of hydrogen-bond donors (Lipinski definition) is 0. The number of amidine groups is 1. The third kappa shape index (κ3) is 5.60. The summed E-state index contributed by atoms with van der Waals surface area (Å²) in [6.45, 7) is 2.45. The Bertz CT molecular complexity index is 1360. The molecular formula is C27H26N2O4S2. The van der Waals surface area contributed by atoms with E-state index in [9.17, 15) is 13.2 Å². The minimum atomic E-state index is -3.13. The molecule has 35 heavy (non-hydrogen) atoms. The van der Waals surface area contributed by atoms with Crippen molar-refractivity contribution in [3.8, 4) is 5.75 Å². The monoisotopic (exact) mass is 506 g/mol. The number of sulfone groups is 1. The standard InChI is InChI=1S/C27H26N2O4S2/c1-19-6-5-9-21(14-19)15-26(30)28-27-29(24-17-35(31,32)18-25(24)34-27)22-10-12-23(13-11-22)33-16-20-7-3-2-4-8-20/h2-14,24-25H,15-18H2,1H3/t24-,25-/m1/s1. The van der Waals surface area contributed by atoms with Gasteiger partial charge in [-0.25, -0.2) is 8.42 Å². The highest BCUT2D eigenvalue weighted by Gasteiger charge is 2.49. The number of aryl methyl sites for hydroxylation is 1. The largest absolute Gasteiger partial charge is 0.489 e. The molecule has 2 aliphatic heterocycles. The zero-order valence-corrected chi connectivity index (χ0v) is 21.0. The number of carbonyl (C=O) groups is 1. The van der Waals surface area contributed by atoms with Crippen molar-refractivity contribution in [3.05, 3.63) is 95.6 Å². The number of rotatable bonds is 6. The van der Waals surface area contributed by atoms with Gasteiger partial charge < -0.3 is 9.64 Å². The molecule has 0 aliphatic carbocycles. The summed E-state index contributed by atoms with van der Waals surface area (Å²) in [5.74, 6) is 0.632. The molecule has 3 aromatic rings. The Morgan fingerprint density at radius 2 is 1.74 bits per heavy atom. The lowest BCUT2D eigenvalue weighted by Gasteiger charge is -2.24. The van der Waals surface area contributed by atoms with Gasteiger partial charge in [0.15, 0.2) is 15.0 Å². The molecule has 0 bridgehead atoms. The molecule has 0 aromatic heterocycles. The molecule has 180 valence electrons. The Kier molecular flexibility index (Phi) is 6.67. The normalized spacial score (nSPS) is 21.7. The first-order valence-electron chi connectivity index (χ1n) is 11.5. The van der Waals surface area contributed by atoms with Crippen LogP contribution in [0.25, 0.3) is 0 Å². The van der Waals surface area contributed by atoms with Crippen molar-refractivity contribution in [2.24, 2.45) is 4.99 Å². The fraction of sp³-hybridized carbons (Fsp3) is 0.259. The van der Waals surface area contributed by atoms with Crippen LogP contribution in [0.4, 0.5) is 5.69 Å². The first-order valence-corrected chi connectivity index (χ1v) is 14.2. The second kappa shape index (κ2) is 9.87. The molecule has 0 unspecified atom stereocenters. The molecule has 3 aromatic carbocycles. The minimum Gasteiger partial charge on any atom is -0.489 e. The number of hydrogen-bond acceptors (Lipinski definition) is 5. The Morgan fingerprint density at radius 1 is 1.00 bits per heavy atom. The van der Waals surface area contributed by atoms with Gasteiger partial charge in [0.05, 0.1) is 24.0 Å². The van der Waals surface area contributed by atoms with Crippen LogP contribution in [0.2, 0.25) is 0 Å². The van der Waals surface area contributed by atoms with E-state index in [1.807, 2.05) is 90.7 Å². The van der Waals surface area contributed by atoms with Gasteiger partial charge >= 0.3 is 0 Å². The quantitative estimate of drug-likeness (QED) is 0.493. The summed E-state index contributed by atoms with van der Waals surface area (Å²) in [5, 5.41) is 0.421. The zero-order valence-electron chi connectivity index (χ0n) is 19.3. The molecule has 2 saturated heterocycles. The maximum atomic E-state index is 12.8. The smallest absolute Gasteiger partial charge is 0.252 e. The lowest BCUT2D eigenvalue weighted by atomic mass is 10.1. The summed E-state index contributed by atoms with van der Waals surface area (Å²) >= 11 is 1.38. The number of anilines is 1. The first kappa shape index (κ1) is 23.6. The Hall–Kier alpha value is -3.10. The summed E-state index contributed by atoms with van der Waals surface area (Å²) < 4.78 is 30.6. The van der Waals surface area contributed by atoms with Gasteiger partial charge in [-0.1, -0.05) is 71.9 Å². The van der Waals surface area contributed by atoms with Gasteiger partial charge in [-0.05, 0) is 42.3 Å². The molecule has 2 atom stereocenters. The molecule has 0 spiro atoms. The predicted molar refractivity (Wildman–Crippen MR) is 141 cm³/mol. The van der Waals surface area contributed by atoms with Crippen LogP contribution < -0.4 is 9.64 Å². The second-order valence-electron chi connectivity index (χ2n) is 8.89. The van der Waals surface area contributed by atoms with Crippen molar-refractivity contribution in [1.82, 2.24) is 0 Å². The number of benzene rings is 3. The van der Waals surface area contributed by atoms with Crippen LogP contribution in [-0.4, -0.2) is 42.3 Å². The number of ether oxygens (including phenoxy) is 1. The van der Waals surface area contributed by atoms with Gasteiger partial charge in [0, 0.05) is 10.9 Å². The molecule has 0 saturated carbocycles. The maximum absolute atomic E-state index is 12.8. The summed E-state index contributed by atoms with van der Waals surface area (Å²) in [7, 11) is -3.13. The van der Waals surface area contributed by atoms with Gasteiger partial charge in [-0.3, -0.25) is 4.79 Å². The minimum absolute atomic E-state index is 0.0576. The van der Waals surface area contributed by atoms with Crippen molar-refractivity contribution in [3.63, 3.8) is 0 Å². The summed E-state index contributed by atoms with van der Waals surface area (Å²) in [6.07, 6.45) is 0.208. The topological polar surface area (TPSA) is 76.0 Å². The molecule has 8 heteroatoms. The van der Waals surface area contributed by atoms with Crippen LogP contribution >= 0.6 is 11.8 Å². The van der Waals surface area contributed by atoms with Gasteiger partial charge in [0.25, 0.3) is 5.91 Å². The van der Waals surface area contributed by atoms with E-state index in [-0.39, 0.29) is 35.1 Å². The summed E-state index contributed by atoms with van der Waals surface area (Å²) in [6, 6.07) is 25.0. The average Bonchev–Trinajstić information content (AvgIpc) is 3.29. The number of nitrogens with zero attached hydrogens (tertiary/aromatic N) is 2. The number of carbonyl (C=O) groups excluding carboxylic acids is 1. The zero-order chi connectivity index (χ0) is 24.4. The van der Waals surface area contributed by atoms with Gasteiger partial charge in [0.2, 0.25) is 0 Å². The van der Waals surface area contributed by atoms with E-state index >= 15 is 0 Å². The number of aliphatic imine (C=N–C) groups is 1. The van der Waals surface area contributed by atoms with Crippen molar-refractivity contribution in [2.45, 2.75) is 31.2 Å². The van der Waals surface area contributed by atoms with Gasteiger partial charge in [0.1, 0.15) is 12.4 Å². The van der Waals surface area contributed by atoms with Crippen LogP contribution in [0.5, 0.6) is 5.75 Å². The number of amides is 1. The summed E-state index contributed by atoms with van der Waals surface area (Å²) in [4.78, 5) is 19.2. The molecule has 1 amide bonds. The Morgan fingerprint density at radius 3 is 2.49 bits per heavy atom. The van der Waals surface area contributed by atoms with Crippen molar-refractivity contribution >= 4 is 38.4 Å². The van der Waals surface area contributed by atoms with Gasteiger partial charge in [-0.15, -0.1) is 0 Å². The molecule has 2 aliphatic rings. The van der Waals surface area contributed by atoms with E-state index in [1.54, 1.807) is 0 Å². The molecule has 0 N–H and O–H groups in total. The molecule has 0 radical (unpaired) electrons. The summed E-state index contributed by atoms with van der Waals surface area (Å²) in [5.41, 5.74) is 3.88. The SMILES string of the molecule is Cc1cccc(CC(=O)N=C2S[C@@H]3CS(=O)(=O)C[C@H]3N2c2ccc(OCc3ccccc3)cc2)c1. The van der Waals surface area contributed by atoms with Crippen molar-refractivity contribution in [2.75, 3.05) is 16.4 Å². The van der Waals surface area contributed by atoms with Crippen LogP contribution in [0, 0.1) is 6.92 Å². The maximum Gasteiger partial charge on any atom is 0.252 e. The lowest BCUT2D eigenvalue weighted by Crippen LogP contribution is -2.37. The second-order valence-corrected chi connectivity index (χ2v) is 12.3. The first-order chi connectivity index (χ1) is 16.9. The van der Waals surface area contributed by atoms with Crippen molar-refractivity contribution in [1.29, 1.82) is 0 Å². The number of fused-ring (bicyclic) bond motifs is 1. The molecule has 2 fully saturated rings. The third-order valence-electron chi connectivity index (χ3n) is 6.09. The van der Waals surface area contributed by atoms with Crippen LogP contribution in [0.15, 0.2) is 83.9 Å². The van der Waals surface area contributed by atoms with Crippen LogP contribution in [-0.2, 0) is 27.7 Å². The van der Waals surface area contributed by atoms with E-state index in [1.165, 1.54) is 11.8 Å². The Balaban J connectivity index is 1.36. The van der Waals surface area contributed by atoms with Crippen LogP contribution in [0.1, 0.15) is 16.7 Å². The fourth-order valence-electron chi connectivity index (χ4n) is 4.45.